The van der Waals surface area contributed by atoms with E-state index in [9.17, 15) is 14.4 Å². The minimum atomic E-state index is -0.533. The topological polar surface area (TPSA) is 84.9 Å². The minimum absolute atomic E-state index is 0.0787. The summed E-state index contributed by atoms with van der Waals surface area (Å²) < 4.78 is 10.9. The first-order valence-electron chi connectivity index (χ1n) is 11.0. The van der Waals surface area contributed by atoms with Gasteiger partial charge in [0.25, 0.3) is 0 Å². The molecule has 1 aliphatic heterocycles. The van der Waals surface area contributed by atoms with Gasteiger partial charge in [-0.2, -0.15) is 0 Å². The van der Waals surface area contributed by atoms with E-state index in [-0.39, 0.29) is 37.9 Å². The van der Waals surface area contributed by atoms with Crippen molar-refractivity contribution in [2.45, 2.75) is 33.1 Å². The molecule has 1 aliphatic rings. The number of carbonyl (C=O) groups is 3. The quantitative estimate of drug-likeness (QED) is 0.455. The Morgan fingerprint density at radius 3 is 2.62 bits per heavy atom. The molecule has 170 valence electrons. The van der Waals surface area contributed by atoms with E-state index in [2.05, 4.69) is 5.32 Å². The van der Waals surface area contributed by atoms with Gasteiger partial charge < -0.3 is 19.7 Å². The van der Waals surface area contributed by atoms with E-state index in [1.54, 1.807) is 11.0 Å². The molecule has 2 amide bonds. The second-order valence-electron chi connectivity index (χ2n) is 7.81. The van der Waals surface area contributed by atoms with Gasteiger partial charge in [0.1, 0.15) is 12.4 Å². The number of para-hydroxylation sites is 2. The number of rotatable bonds is 10. The van der Waals surface area contributed by atoms with E-state index in [0.29, 0.717) is 30.9 Å². The Bertz CT molecular complexity index is 942. The van der Waals surface area contributed by atoms with Gasteiger partial charge in [0.05, 0.1) is 24.8 Å². The third-order valence-corrected chi connectivity index (χ3v) is 5.34. The van der Waals surface area contributed by atoms with Gasteiger partial charge in [-0.25, -0.2) is 0 Å². The summed E-state index contributed by atoms with van der Waals surface area (Å²) in [7, 11) is 0. The van der Waals surface area contributed by atoms with Gasteiger partial charge in [0.2, 0.25) is 11.8 Å². The summed E-state index contributed by atoms with van der Waals surface area (Å²) in [6, 6.07) is 15.4. The van der Waals surface area contributed by atoms with Crippen molar-refractivity contribution in [3.63, 3.8) is 0 Å². The number of nitrogens with one attached hydrogen (secondary N) is 1. The van der Waals surface area contributed by atoms with E-state index in [1.165, 1.54) is 5.56 Å². The van der Waals surface area contributed by atoms with E-state index in [0.717, 1.165) is 5.56 Å². The highest BCUT2D eigenvalue weighted by Crippen LogP contribution is 2.33. The van der Waals surface area contributed by atoms with Crippen LogP contribution in [0.2, 0.25) is 0 Å². The highest BCUT2D eigenvalue weighted by atomic mass is 16.5. The summed E-state index contributed by atoms with van der Waals surface area (Å²) in [6.45, 7) is 4.97. The van der Waals surface area contributed by atoms with Crippen molar-refractivity contribution in [2.24, 2.45) is 5.92 Å². The average Bonchev–Trinajstić information content (AvgIpc) is 3.18. The van der Waals surface area contributed by atoms with Gasteiger partial charge in [-0.1, -0.05) is 42.0 Å². The molecule has 1 heterocycles. The molecule has 0 radical (unpaired) electrons. The molecule has 0 bridgehead atoms. The van der Waals surface area contributed by atoms with Gasteiger partial charge in [-0.05, 0) is 38.0 Å². The van der Waals surface area contributed by atoms with Crippen molar-refractivity contribution in [2.75, 3.05) is 31.2 Å². The Morgan fingerprint density at radius 2 is 1.88 bits per heavy atom. The Balaban J connectivity index is 1.39. The Morgan fingerprint density at radius 1 is 1.12 bits per heavy atom. The third kappa shape index (κ3) is 6.33. The van der Waals surface area contributed by atoms with Gasteiger partial charge in [-0.3, -0.25) is 14.4 Å². The number of ether oxygens (including phenoxy) is 2. The summed E-state index contributed by atoms with van der Waals surface area (Å²) >= 11 is 0. The molecule has 2 aromatic carbocycles. The number of amides is 2. The minimum Gasteiger partial charge on any atom is -0.492 e. The molecule has 7 nitrogen and oxygen atoms in total. The molecule has 0 aliphatic carbocycles. The predicted octanol–water partition coefficient (Wildman–Crippen LogP) is 3.04. The van der Waals surface area contributed by atoms with Gasteiger partial charge in [0.15, 0.2) is 0 Å². The largest absolute Gasteiger partial charge is 0.492 e. The number of nitrogens with zero attached hydrogens (tertiary/aromatic N) is 1. The fourth-order valence-electron chi connectivity index (χ4n) is 3.62. The summed E-state index contributed by atoms with van der Waals surface area (Å²) in [4.78, 5) is 38.5. The summed E-state index contributed by atoms with van der Waals surface area (Å²) in [5, 5.41) is 2.77. The lowest BCUT2D eigenvalue weighted by atomic mass is 10.1. The lowest BCUT2D eigenvalue weighted by Gasteiger charge is -2.20. The first-order chi connectivity index (χ1) is 15.5. The molecule has 1 N–H and O–H groups in total. The van der Waals surface area contributed by atoms with Crippen molar-refractivity contribution < 1.29 is 23.9 Å². The van der Waals surface area contributed by atoms with Crippen molar-refractivity contribution in [1.82, 2.24) is 5.32 Å². The van der Waals surface area contributed by atoms with E-state index in [1.807, 2.05) is 56.3 Å². The molecule has 2 aromatic rings. The molecule has 7 heteroatoms. The van der Waals surface area contributed by atoms with Crippen LogP contribution in [0.3, 0.4) is 0 Å². The number of anilines is 1. The highest BCUT2D eigenvalue weighted by Gasteiger charge is 2.37. The Hall–Kier alpha value is -3.35. The Labute approximate surface area is 188 Å². The highest BCUT2D eigenvalue weighted by molar-refractivity contribution is 6.00. The zero-order valence-electron chi connectivity index (χ0n) is 18.6. The van der Waals surface area contributed by atoms with Crippen molar-refractivity contribution in [1.29, 1.82) is 0 Å². The molecule has 3 rings (SSSR count). The normalized spacial score (nSPS) is 15.5. The molecule has 1 unspecified atom stereocenters. The molecular weight excluding hydrogens is 408 g/mol. The van der Waals surface area contributed by atoms with Crippen molar-refractivity contribution in [3.05, 3.63) is 59.7 Å². The first kappa shape index (κ1) is 23.3. The fourth-order valence-corrected chi connectivity index (χ4v) is 3.62. The SMILES string of the molecule is CCOc1ccccc1N1CC(C(=O)OCCNC(=O)CCc2ccc(C)cc2)CC1=O. The van der Waals surface area contributed by atoms with E-state index >= 15 is 0 Å². The molecule has 0 aromatic heterocycles. The molecule has 1 saturated heterocycles. The van der Waals surface area contributed by atoms with E-state index < -0.39 is 11.9 Å². The standard InChI is InChI=1S/C25H30N2O5/c1-3-31-22-7-5-4-6-21(22)27-17-20(16-24(27)29)25(30)32-15-14-26-23(28)13-12-19-10-8-18(2)9-11-19/h4-11,20H,3,12-17H2,1-2H3,(H,26,28). The summed E-state index contributed by atoms with van der Waals surface area (Å²) in [5.74, 6) is -0.566. The molecular formula is C25H30N2O5. The monoisotopic (exact) mass is 438 g/mol. The van der Waals surface area contributed by atoms with E-state index in [4.69, 9.17) is 9.47 Å². The first-order valence-corrected chi connectivity index (χ1v) is 11.0. The molecule has 1 fully saturated rings. The Kier molecular flexibility index (Phi) is 8.25. The van der Waals surface area contributed by atoms with Crippen LogP contribution in [0.15, 0.2) is 48.5 Å². The van der Waals surface area contributed by atoms with Gasteiger partial charge in [-0.15, -0.1) is 0 Å². The maximum absolute atomic E-state index is 12.5. The van der Waals surface area contributed by atoms with Crippen LogP contribution < -0.4 is 15.0 Å². The van der Waals surface area contributed by atoms with Crippen LogP contribution in [-0.2, 0) is 25.5 Å². The van der Waals surface area contributed by atoms with Crippen LogP contribution in [0.4, 0.5) is 5.69 Å². The molecule has 32 heavy (non-hydrogen) atoms. The van der Waals surface area contributed by atoms with Crippen molar-refractivity contribution in [3.8, 4) is 5.75 Å². The fraction of sp³-hybridized carbons (Fsp3) is 0.400. The molecule has 0 spiro atoms. The maximum atomic E-state index is 12.5. The second kappa shape index (κ2) is 11.3. The lowest BCUT2D eigenvalue weighted by molar-refractivity contribution is -0.148. The summed E-state index contributed by atoms with van der Waals surface area (Å²) in [6.07, 6.45) is 1.14. The van der Waals surface area contributed by atoms with Crippen LogP contribution in [0, 0.1) is 12.8 Å². The third-order valence-electron chi connectivity index (χ3n) is 5.34. The zero-order chi connectivity index (χ0) is 22.9. The maximum Gasteiger partial charge on any atom is 0.311 e. The van der Waals surface area contributed by atoms with Gasteiger partial charge >= 0.3 is 5.97 Å². The van der Waals surface area contributed by atoms with Gasteiger partial charge in [0, 0.05) is 19.4 Å². The number of esters is 1. The number of benzene rings is 2. The van der Waals surface area contributed by atoms with Crippen LogP contribution in [0.25, 0.3) is 0 Å². The van der Waals surface area contributed by atoms with Crippen LogP contribution in [0.5, 0.6) is 5.75 Å². The van der Waals surface area contributed by atoms with Crippen molar-refractivity contribution >= 4 is 23.5 Å². The number of hydrogen-bond donors (Lipinski definition) is 1. The zero-order valence-corrected chi connectivity index (χ0v) is 18.6. The smallest absolute Gasteiger partial charge is 0.311 e. The number of carbonyl (C=O) groups excluding carboxylic acids is 3. The average molecular weight is 439 g/mol. The van der Waals surface area contributed by atoms with Crippen LogP contribution in [0.1, 0.15) is 30.9 Å². The second-order valence-corrected chi connectivity index (χ2v) is 7.81. The number of hydrogen-bond acceptors (Lipinski definition) is 5. The van der Waals surface area contributed by atoms with Crippen LogP contribution >= 0.6 is 0 Å². The lowest BCUT2D eigenvalue weighted by Crippen LogP contribution is -2.30. The molecule has 1 atom stereocenters. The van der Waals surface area contributed by atoms with Crippen LogP contribution in [-0.4, -0.2) is 44.1 Å². The summed E-state index contributed by atoms with van der Waals surface area (Å²) in [5.41, 5.74) is 2.96. The predicted molar refractivity (Wildman–Crippen MR) is 122 cm³/mol. The number of aryl methyl sites for hydroxylation is 2. The molecule has 0 saturated carbocycles.